The van der Waals surface area contributed by atoms with Crippen LogP contribution in [-0.2, 0) is 16.0 Å². The van der Waals surface area contributed by atoms with E-state index in [2.05, 4.69) is 5.32 Å². The quantitative estimate of drug-likeness (QED) is 0.822. The summed E-state index contributed by atoms with van der Waals surface area (Å²) in [5.41, 5.74) is 1.63. The first-order valence-electron chi connectivity index (χ1n) is 7.04. The lowest BCUT2D eigenvalue weighted by Gasteiger charge is -2.10. The Kier molecular flexibility index (Phi) is 5.60. The van der Waals surface area contributed by atoms with Crippen LogP contribution in [0.3, 0.4) is 0 Å². The Morgan fingerprint density at radius 1 is 1.22 bits per heavy atom. The number of aryl methyl sites for hydroxylation is 1. The van der Waals surface area contributed by atoms with Crippen molar-refractivity contribution in [3.8, 4) is 5.75 Å². The topological polar surface area (TPSA) is 75.6 Å². The van der Waals surface area contributed by atoms with Crippen molar-refractivity contribution >= 4 is 29.2 Å². The average Bonchev–Trinajstić information content (AvgIpc) is 2.53. The molecule has 0 unspecified atom stereocenters. The van der Waals surface area contributed by atoms with E-state index in [1.807, 2.05) is 25.1 Å². The van der Waals surface area contributed by atoms with Crippen LogP contribution < -0.4 is 5.32 Å². The number of amides is 1. The lowest BCUT2D eigenvalue weighted by atomic mass is 10.1. The third kappa shape index (κ3) is 4.47. The number of para-hydroxylation sites is 1. The normalized spacial score (nSPS) is 10.2. The molecule has 0 aromatic heterocycles. The number of esters is 1. The van der Waals surface area contributed by atoms with Crippen LogP contribution >= 0.6 is 11.6 Å². The van der Waals surface area contributed by atoms with Crippen molar-refractivity contribution in [2.45, 2.75) is 13.3 Å². The molecule has 5 nitrogen and oxygen atoms in total. The van der Waals surface area contributed by atoms with Crippen molar-refractivity contribution in [1.29, 1.82) is 0 Å². The second-order valence-corrected chi connectivity index (χ2v) is 5.23. The highest BCUT2D eigenvalue weighted by molar-refractivity contribution is 6.30. The number of phenolic OH excluding ortho intramolecular Hbond substituents is 1. The summed E-state index contributed by atoms with van der Waals surface area (Å²) in [6.07, 6.45) is 0.773. The van der Waals surface area contributed by atoms with Crippen LogP contribution in [0.5, 0.6) is 5.75 Å². The first-order chi connectivity index (χ1) is 11.0. The third-order valence-corrected chi connectivity index (χ3v) is 3.42. The van der Waals surface area contributed by atoms with Gasteiger partial charge < -0.3 is 15.2 Å². The molecule has 2 aromatic rings. The second kappa shape index (κ2) is 7.65. The molecule has 23 heavy (non-hydrogen) atoms. The number of carbonyl (C=O) groups excluding carboxylic acids is 2. The minimum atomic E-state index is -0.793. The highest BCUT2D eigenvalue weighted by Crippen LogP contribution is 2.22. The fourth-order valence-corrected chi connectivity index (χ4v) is 2.19. The Hall–Kier alpha value is -2.53. The van der Waals surface area contributed by atoms with Crippen molar-refractivity contribution < 1.29 is 19.4 Å². The molecular weight excluding hydrogens is 318 g/mol. The lowest BCUT2D eigenvalue weighted by molar-refractivity contribution is -0.119. The summed E-state index contributed by atoms with van der Waals surface area (Å²) >= 11 is 5.69. The van der Waals surface area contributed by atoms with Gasteiger partial charge in [0, 0.05) is 10.7 Å². The summed E-state index contributed by atoms with van der Waals surface area (Å²) in [6.45, 7) is 1.53. The molecule has 0 aliphatic rings. The van der Waals surface area contributed by atoms with E-state index in [1.54, 1.807) is 6.07 Å². The molecule has 120 valence electrons. The average molecular weight is 334 g/mol. The summed E-state index contributed by atoms with van der Waals surface area (Å²) in [5, 5.41) is 12.6. The monoisotopic (exact) mass is 333 g/mol. The van der Waals surface area contributed by atoms with E-state index in [0.29, 0.717) is 10.7 Å². The first-order valence-corrected chi connectivity index (χ1v) is 7.42. The summed E-state index contributed by atoms with van der Waals surface area (Å²) < 4.78 is 4.90. The van der Waals surface area contributed by atoms with Gasteiger partial charge in [0.25, 0.3) is 5.91 Å². The van der Waals surface area contributed by atoms with Gasteiger partial charge in [-0.05, 0) is 36.2 Å². The first kappa shape index (κ1) is 16.8. The fourth-order valence-electron chi connectivity index (χ4n) is 2.02. The highest BCUT2D eigenvalue weighted by Gasteiger charge is 2.15. The molecule has 0 aliphatic carbocycles. The van der Waals surface area contributed by atoms with E-state index in [9.17, 15) is 14.7 Å². The number of nitrogens with one attached hydrogen (secondary N) is 1. The van der Waals surface area contributed by atoms with Crippen LogP contribution in [0.1, 0.15) is 22.8 Å². The number of anilines is 1. The Labute approximate surface area is 138 Å². The lowest BCUT2D eigenvalue weighted by Crippen LogP contribution is -2.21. The van der Waals surface area contributed by atoms with Crippen LogP contribution in [0, 0.1) is 0 Å². The van der Waals surface area contributed by atoms with Gasteiger partial charge in [-0.25, -0.2) is 4.79 Å². The molecule has 0 spiro atoms. The summed E-state index contributed by atoms with van der Waals surface area (Å²) in [7, 11) is 0. The van der Waals surface area contributed by atoms with Gasteiger partial charge in [0.2, 0.25) is 0 Å². The molecule has 1 amide bonds. The molecule has 0 aliphatic heterocycles. The van der Waals surface area contributed by atoms with Crippen molar-refractivity contribution in [2.75, 3.05) is 11.9 Å². The van der Waals surface area contributed by atoms with Crippen molar-refractivity contribution in [3.05, 3.63) is 58.6 Å². The van der Waals surface area contributed by atoms with Gasteiger partial charge in [0.1, 0.15) is 11.3 Å². The third-order valence-electron chi connectivity index (χ3n) is 3.19. The number of ether oxygens (including phenoxy) is 1. The molecule has 0 bridgehead atoms. The minimum absolute atomic E-state index is 0.0452. The summed E-state index contributed by atoms with van der Waals surface area (Å²) in [6, 6.07) is 11.4. The van der Waals surface area contributed by atoms with Crippen LogP contribution in [0.25, 0.3) is 0 Å². The molecule has 2 aromatic carbocycles. The molecule has 0 atom stereocenters. The SMILES string of the molecule is CCc1ccccc1NC(=O)COC(=O)c1ccc(Cl)cc1O. The van der Waals surface area contributed by atoms with Crippen molar-refractivity contribution in [1.82, 2.24) is 0 Å². The second-order valence-electron chi connectivity index (χ2n) is 4.80. The maximum Gasteiger partial charge on any atom is 0.342 e. The zero-order valence-electron chi connectivity index (χ0n) is 12.5. The van der Waals surface area contributed by atoms with Crippen LogP contribution in [-0.4, -0.2) is 23.6 Å². The predicted molar refractivity (Wildman–Crippen MR) is 87.8 cm³/mol. The molecular formula is C17H16ClNO4. The number of benzene rings is 2. The van der Waals surface area contributed by atoms with E-state index in [-0.39, 0.29) is 11.3 Å². The standard InChI is InChI=1S/C17H16ClNO4/c1-2-11-5-3-4-6-14(11)19-16(21)10-23-17(22)13-8-7-12(18)9-15(13)20/h3-9,20H,2,10H2,1H3,(H,19,21). The van der Waals surface area contributed by atoms with Gasteiger partial charge in [-0.2, -0.15) is 0 Å². The minimum Gasteiger partial charge on any atom is -0.507 e. The number of phenols is 1. The number of hydrogen-bond donors (Lipinski definition) is 2. The van der Waals surface area contributed by atoms with E-state index < -0.39 is 18.5 Å². The zero-order chi connectivity index (χ0) is 16.8. The van der Waals surface area contributed by atoms with Gasteiger partial charge in [-0.1, -0.05) is 36.7 Å². The van der Waals surface area contributed by atoms with E-state index in [0.717, 1.165) is 12.0 Å². The van der Waals surface area contributed by atoms with Crippen molar-refractivity contribution in [2.24, 2.45) is 0 Å². The molecule has 0 radical (unpaired) electrons. The fraction of sp³-hybridized carbons (Fsp3) is 0.176. The Bertz CT molecular complexity index is 730. The number of carbonyl (C=O) groups is 2. The molecule has 2 N–H and O–H groups in total. The van der Waals surface area contributed by atoms with Gasteiger partial charge in [-0.15, -0.1) is 0 Å². The van der Waals surface area contributed by atoms with E-state index >= 15 is 0 Å². The van der Waals surface area contributed by atoms with Gasteiger partial charge >= 0.3 is 5.97 Å². The number of halogens is 1. The zero-order valence-corrected chi connectivity index (χ0v) is 13.3. The summed E-state index contributed by atoms with van der Waals surface area (Å²) in [4.78, 5) is 23.7. The molecule has 0 saturated heterocycles. The van der Waals surface area contributed by atoms with Crippen LogP contribution in [0.4, 0.5) is 5.69 Å². The molecule has 2 rings (SSSR count). The highest BCUT2D eigenvalue weighted by atomic mass is 35.5. The maximum atomic E-state index is 11.9. The van der Waals surface area contributed by atoms with Crippen molar-refractivity contribution in [3.63, 3.8) is 0 Å². The largest absolute Gasteiger partial charge is 0.507 e. The summed E-state index contributed by atoms with van der Waals surface area (Å²) in [5.74, 6) is -1.54. The van der Waals surface area contributed by atoms with Crippen LogP contribution in [0.15, 0.2) is 42.5 Å². The van der Waals surface area contributed by atoms with Gasteiger partial charge in [-0.3, -0.25) is 4.79 Å². The van der Waals surface area contributed by atoms with Crippen LogP contribution in [0.2, 0.25) is 5.02 Å². The molecule has 0 fully saturated rings. The van der Waals surface area contributed by atoms with E-state index in [1.165, 1.54) is 18.2 Å². The van der Waals surface area contributed by atoms with Gasteiger partial charge in [0.05, 0.1) is 0 Å². The Morgan fingerprint density at radius 2 is 1.96 bits per heavy atom. The predicted octanol–water partition coefficient (Wildman–Crippen LogP) is 3.40. The molecule has 0 heterocycles. The van der Waals surface area contributed by atoms with Gasteiger partial charge in [0.15, 0.2) is 6.61 Å². The molecule has 0 saturated carbocycles. The maximum absolute atomic E-state index is 11.9. The smallest absolute Gasteiger partial charge is 0.342 e. The molecule has 6 heteroatoms. The number of rotatable bonds is 5. The Morgan fingerprint density at radius 3 is 2.65 bits per heavy atom. The van der Waals surface area contributed by atoms with E-state index in [4.69, 9.17) is 16.3 Å². The number of hydrogen-bond acceptors (Lipinski definition) is 4. The Balaban J connectivity index is 1.95. The number of aromatic hydroxyl groups is 1.